The molecular weight excluding hydrogens is 621 g/mol. The molecule has 2 nitrogen and oxygen atoms in total. The minimum Gasteiger partial charge on any atom is -0.192 e. The molecule has 0 radical (unpaired) electrons. The van der Waals surface area contributed by atoms with Gasteiger partial charge in [0.15, 0.2) is 0 Å². The molecule has 0 bridgehead atoms. The maximum atomic E-state index is 10.4. The van der Waals surface area contributed by atoms with E-state index in [1.54, 1.807) is 11.3 Å². The first kappa shape index (κ1) is 28.2. The topological polar surface area (TPSA) is 47.6 Å². The highest BCUT2D eigenvalue weighted by molar-refractivity contribution is 7.26. The van der Waals surface area contributed by atoms with Crippen molar-refractivity contribution in [3.8, 4) is 56.6 Å². The fourth-order valence-electron chi connectivity index (χ4n) is 6.75. The molecule has 9 aromatic rings. The Kier molecular flexibility index (Phi) is 6.66. The number of benzene rings is 7. The maximum Gasteiger partial charge on any atom is 0.0998 e. The highest BCUT2D eigenvalue weighted by atomic mass is 32.1. The van der Waals surface area contributed by atoms with Crippen molar-refractivity contribution in [2.75, 3.05) is 0 Å². The summed E-state index contributed by atoms with van der Waals surface area (Å²) in [6.45, 7) is 0. The lowest BCUT2D eigenvalue weighted by molar-refractivity contribution is 1.47. The highest BCUT2D eigenvalue weighted by Gasteiger charge is 2.15. The van der Waals surface area contributed by atoms with Gasteiger partial charge in [0.25, 0.3) is 0 Å². The Morgan fingerprint density at radius 3 is 1.58 bits per heavy atom. The monoisotopic (exact) mass is 644 g/mol. The largest absolute Gasteiger partial charge is 0.192 e. The van der Waals surface area contributed by atoms with Gasteiger partial charge < -0.3 is 0 Å². The number of nitrogens with zero attached hydrogens (tertiary/aromatic N) is 2. The van der Waals surface area contributed by atoms with E-state index in [0.29, 0.717) is 11.1 Å². The number of nitriles is 2. The quantitative estimate of drug-likeness (QED) is 0.191. The van der Waals surface area contributed by atoms with Crippen LogP contribution in [0.15, 0.2) is 146 Å². The average Bonchev–Trinajstić information content (AvgIpc) is 3.71. The second-order valence-electron chi connectivity index (χ2n) is 12.0. The van der Waals surface area contributed by atoms with E-state index in [-0.39, 0.29) is 0 Å². The molecular formula is C44H24N2S2. The van der Waals surface area contributed by atoms with Gasteiger partial charge in [0.1, 0.15) is 0 Å². The zero-order valence-corrected chi connectivity index (χ0v) is 27.2. The molecule has 7 aromatic carbocycles. The van der Waals surface area contributed by atoms with Gasteiger partial charge in [-0.05, 0) is 117 Å². The van der Waals surface area contributed by atoms with Gasteiger partial charge in [-0.3, -0.25) is 0 Å². The Balaban J connectivity index is 1.26. The van der Waals surface area contributed by atoms with E-state index in [9.17, 15) is 10.5 Å². The smallest absolute Gasteiger partial charge is 0.0998 e. The SMILES string of the molecule is N#Cc1ccc2sc3ccc(-c4cc(-c5ccc6sc7ccccc7c6c5)cc(-c5ccc(-c6ccccc6)cc5C#N)c4)cc3c2c1. The second kappa shape index (κ2) is 11.3. The van der Waals surface area contributed by atoms with Crippen molar-refractivity contribution in [3.63, 3.8) is 0 Å². The summed E-state index contributed by atoms with van der Waals surface area (Å²) >= 11 is 3.57. The van der Waals surface area contributed by atoms with Crippen LogP contribution < -0.4 is 0 Å². The number of fused-ring (bicyclic) bond motifs is 6. The van der Waals surface area contributed by atoms with E-state index in [1.165, 1.54) is 29.6 Å². The molecule has 4 heteroatoms. The Bertz CT molecular complexity index is 2810. The van der Waals surface area contributed by atoms with Crippen LogP contribution in [0.4, 0.5) is 0 Å². The standard InChI is InChI=1S/C44H24N2S2/c45-25-27-10-15-42-38(18-27)40-24-31(13-17-44(40)48-42)33-20-32(30-12-16-43-39(23-30)37-8-4-5-9-41(37)47-43)21-34(22-33)36-14-11-29(19-35(36)26-46)28-6-2-1-3-7-28/h1-24H. The summed E-state index contributed by atoms with van der Waals surface area (Å²) < 4.78 is 4.92. The van der Waals surface area contributed by atoms with Crippen molar-refractivity contribution < 1.29 is 0 Å². The third kappa shape index (κ3) is 4.75. The molecule has 0 amide bonds. The molecule has 0 unspecified atom stereocenters. The lowest BCUT2D eigenvalue weighted by Gasteiger charge is -2.14. The fraction of sp³-hybridized carbons (Fsp3) is 0. The molecule has 2 heterocycles. The predicted octanol–water partition coefficient (Wildman–Crippen LogP) is 12.8. The molecule has 0 atom stereocenters. The van der Waals surface area contributed by atoms with Crippen LogP contribution in [-0.4, -0.2) is 0 Å². The summed E-state index contributed by atoms with van der Waals surface area (Å²) in [6.07, 6.45) is 0. The molecule has 0 fully saturated rings. The van der Waals surface area contributed by atoms with Crippen molar-refractivity contribution in [2.24, 2.45) is 0 Å². The lowest BCUT2D eigenvalue weighted by Crippen LogP contribution is -1.90. The van der Waals surface area contributed by atoms with Crippen LogP contribution >= 0.6 is 22.7 Å². The second-order valence-corrected chi connectivity index (χ2v) is 14.1. The minimum absolute atomic E-state index is 0.641. The van der Waals surface area contributed by atoms with Crippen LogP contribution in [-0.2, 0) is 0 Å². The van der Waals surface area contributed by atoms with Gasteiger partial charge in [0.05, 0.1) is 23.3 Å². The zero-order valence-electron chi connectivity index (χ0n) is 25.6. The van der Waals surface area contributed by atoms with Crippen LogP contribution in [0.5, 0.6) is 0 Å². The van der Waals surface area contributed by atoms with E-state index >= 15 is 0 Å². The Morgan fingerprint density at radius 1 is 0.354 bits per heavy atom. The molecule has 48 heavy (non-hydrogen) atoms. The van der Waals surface area contributed by atoms with Gasteiger partial charge in [-0.1, -0.05) is 72.8 Å². The first-order valence-corrected chi connectivity index (χ1v) is 17.3. The minimum atomic E-state index is 0.641. The molecule has 222 valence electrons. The van der Waals surface area contributed by atoms with E-state index in [0.717, 1.165) is 55.3 Å². The third-order valence-corrected chi connectivity index (χ3v) is 11.4. The predicted molar refractivity (Wildman–Crippen MR) is 203 cm³/mol. The Hall–Kier alpha value is -6.04. The normalized spacial score (nSPS) is 11.3. The molecule has 2 aromatic heterocycles. The number of hydrogen-bond acceptors (Lipinski definition) is 4. The van der Waals surface area contributed by atoms with Gasteiger partial charge in [0.2, 0.25) is 0 Å². The van der Waals surface area contributed by atoms with Gasteiger partial charge in [0, 0.05) is 40.3 Å². The van der Waals surface area contributed by atoms with Gasteiger partial charge in [-0.15, -0.1) is 22.7 Å². The molecule has 0 aliphatic rings. The van der Waals surface area contributed by atoms with Gasteiger partial charge in [-0.25, -0.2) is 0 Å². The van der Waals surface area contributed by atoms with E-state index in [4.69, 9.17) is 0 Å². The molecule has 0 N–H and O–H groups in total. The van der Waals surface area contributed by atoms with Crippen molar-refractivity contribution >= 4 is 63.0 Å². The van der Waals surface area contributed by atoms with Crippen molar-refractivity contribution in [1.29, 1.82) is 10.5 Å². The van der Waals surface area contributed by atoms with E-state index in [1.807, 2.05) is 53.8 Å². The summed E-state index contributed by atoms with van der Waals surface area (Å²) in [5, 5.41) is 24.7. The summed E-state index contributed by atoms with van der Waals surface area (Å²) in [6, 6.07) is 55.7. The maximum absolute atomic E-state index is 10.4. The van der Waals surface area contributed by atoms with Crippen LogP contribution in [0.2, 0.25) is 0 Å². The molecule has 0 spiro atoms. The fourth-order valence-corrected chi connectivity index (χ4v) is 8.90. The van der Waals surface area contributed by atoms with Crippen LogP contribution in [0.1, 0.15) is 11.1 Å². The average molecular weight is 645 g/mol. The van der Waals surface area contributed by atoms with E-state index in [2.05, 4.69) is 115 Å². The molecule has 0 saturated heterocycles. The van der Waals surface area contributed by atoms with Crippen LogP contribution in [0, 0.1) is 22.7 Å². The number of thiophene rings is 2. The summed E-state index contributed by atoms with van der Waals surface area (Å²) in [5.74, 6) is 0. The van der Waals surface area contributed by atoms with Crippen LogP contribution in [0.25, 0.3) is 84.9 Å². The van der Waals surface area contributed by atoms with Gasteiger partial charge in [-0.2, -0.15) is 10.5 Å². The zero-order chi connectivity index (χ0) is 32.2. The highest BCUT2D eigenvalue weighted by Crippen LogP contribution is 2.41. The summed E-state index contributed by atoms with van der Waals surface area (Å²) in [7, 11) is 0. The summed E-state index contributed by atoms with van der Waals surface area (Å²) in [5.41, 5.74) is 9.71. The molecule has 0 aliphatic heterocycles. The first-order valence-electron chi connectivity index (χ1n) is 15.7. The summed E-state index contributed by atoms with van der Waals surface area (Å²) in [4.78, 5) is 0. The molecule has 9 rings (SSSR count). The Labute approximate surface area is 285 Å². The molecule has 0 aliphatic carbocycles. The first-order chi connectivity index (χ1) is 23.6. The number of hydrogen-bond donors (Lipinski definition) is 0. The lowest BCUT2D eigenvalue weighted by atomic mass is 9.90. The number of rotatable bonds is 4. The third-order valence-electron chi connectivity index (χ3n) is 9.13. The van der Waals surface area contributed by atoms with Gasteiger partial charge >= 0.3 is 0 Å². The van der Waals surface area contributed by atoms with Crippen molar-refractivity contribution in [1.82, 2.24) is 0 Å². The van der Waals surface area contributed by atoms with Crippen molar-refractivity contribution in [2.45, 2.75) is 0 Å². The van der Waals surface area contributed by atoms with E-state index < -0.39 is 0 Å². The van der Waals surface area contributed by atoms with Crippen LogP contribution in [0.3, 0.4) is 0 Å². The molecule has 0 saturated carbocycles. The Morgan fingerprint density at radius 2 is 0.896 bits per heavy atom. The van der Waals surface area contributed by atoms with Crippen molar-refractivity contribution in [3.05, 3.63) is 157 Å².